The predicted octanol–water partition coefficient (Wildman–Crippen LogP) is 3.33. The van der Waals surface area contributed by atoms with Crippen LogP contribution in [0.3, 0.4) is 0 Å². The largest absolute Gasteiger partial charge is 0.326 e. The summed E-state index contributed by atoms with van der Waals surface area (Å²) in [5.41, 5.74) is 1.74. The van der Waals surface area contributed by atoms with Gasteiger partial charge in [-0.05, 0) is 30.3 Å². The number of carbonyl (C=O) groups is 2. The molecule has 0 radical (unpaired) electrons. The number of anilines is 2. The summed E-state index contributed by atoms with van der Waals surface area (Å²) in [4.78, 5) is 35.9. The zero-order chi connectivity index (χ0) is 18.0. The maximum absolute atomic E-state index is 12.4. The lowest BCUT2D eigenvalue weighted by Gasteiger charge is -2.24. The highest BCUT2D eigenvalue weighted by Crippen LogP contribution is 2.44. The fraction of sp³-hybridized carbons (Fsp3) is 0.176. The van der Waals surface area contributed by atoms with Crippen LogP contribution in [0.15, 0.2) is 48.5 Å². The van der Waals surface area contributed by atoms with E-state index in [0.29, 0.717) is 16.9 Å². The summed E-state index contributed by atoms with van der Waals surface area (Å²) in [5, 5.41) is 13.5. The van der Waals surface area contributed by atoms with Gasteiger partial charge >= 0.3 is 0 Å². The molecular formula is C17H15N3O4S. The molecule has 0 aliphatic carbocycles. The summed E-state index contributed by atoms with van der Waals surface area (Å²) in [7, 11) is 0. The molecule has 1 aliphatic heterocycles. The van der Waals surface area contributed by atoms with Crippen molar-refractivity contribution in [3.8, 4) is 0 Å². The minimum absolute atomic E-state index is 0.00503. The molecule has 1 saturated heterocycles. The molecule has 0 saturated carbocycles. The molecule has 2 aromatic rings. The van der Waals surface area contributed by atoms with Gasteiger partial charge in [0.05, 0.1) is 16.2 Å². The van der Waals surface area contributed by atoms with Crippen molar-refractivity contribution in [2.24, 2.45) is 0 Å². The van der Waals surface area contributed by atoms with Crippen molar-refractivity contribution in [3.63, 3.8) is 0 Å². The van der Waals surface area contributed by atoms with E-state index < -0.39 is 10.3 Å². The molecule has 0 aromatic heterocycles. The first-order chi connectivity index (χ1) is 12.0. The maximum Gasteiger partial charge on any atom is 0.275 e. The Bertz CT molecular complexity index is 838. The summed E-state index contributed by atoms with van der Waals surface area (Å²) in [6, 6.07) is 13.3. The van der Waals surface area contributed by atoms with Crippen molar-refractivity contribution >= 4 is 40.6 Å². The number of nitro benzene ring substituents is 1. The van der Waals surface area contributed by atoms with Gasteiger partial charge in [-0.25, -0.2) is 0 Å². The lowest BCUT2D eigenvalue weighted by Crippen LogP contribution is -2.28. The fourth-order valence-corrected chi connectivity index (χ4v) is 3.91. The molecule has 0 spiro atoms. The average Bonchev–Trinajstić information content (AvgIpc) is 2.96. The Morgan fingerprint density at radius 2 is 1.92 bits per heavy atom. The zero-order valence-electron chi connectivity index (χ0n) is 13.3. The summed E-state index contributed by atoms with van der Waals surface area (Å²) >= 11 is 1.36. The van der Waals surface area contributed by atoms with Crippen molar-refractivity contribution in [3.05, 3.63) is 64.2 Å². The topological polar surface area (TPSA) is 92.6 Å². The van der Waals surface area contributed by atoms with Crippen molar-refractivity contribution < 1.29 is 14.5 Å². The maximum atomic E-state index is 12.4. The Balaban J connectivity index is 1.95. The quantitative estimate of drug-likeness (QED) is 0.669. The molecule has 2 aromatic carbocycles. The molecule has 1 atom stereocenters. The predicted molar refractivity (Wildman–Crippen MR) is 96.5 cm³/mol. The van der Waals surface area contributed by atoms with Gasteiger partial charge in [0.25, 0.3) is 5.69 Å². The number of nitrogens with one attached hydrogen (secondary N) is 1. The molecule has 1 heterocycles. The second-order valence-electron chi connectivity index (χ2n) is 5.47. The minimum Gasteiger partial charge on any atom is -0.326 e. The monoisotopic (exact) mass is 357 g/mol. The van der Waals surface area contributed by atoms with Crippen molar-refractivity contribution in [1.82, 2.24) is 0 Å². The van der Waals surface area contributed by atoms with E-state index in [0.717, 1.165) is 0 Å². The van der Waals surface area contributed by atoms with Gasteiger partial charge < -0.3 is 5.32 Å². The minimum atomic E-state index is -0.458. The van der Waals surface area contributed by atoms with E-state index in [1.807, 2.05) is 0 Å². The number of rotatable bonds is 4. The highest BCUT2D eigenvalue weighted by atomic mass is 32.2. The van der Waals surface area contributed by atoms with Crippen molar-refractivity contribution in [2.75, 3.05) is 16.0 Å². The second-order valence-corrected chi connectivity index (χ2v) is 6.54. The molecule has 0 unspecified atom stereocenters. The standard InChI is InChI=1S/C17H15N3O4S/c1-11(21)18-12-6-8-13(9-7-12)19-16(22)10-25-17(19)14-4-2-3-5-15(14)20(23)24/h2-9,17H,10H2,1H3,(H,18,21)/t17-/m1/s1. The first kappa shape index (κ1) is 17.0. The lowest BCUT2D eigenvalue weighted by molar-refractivity contribution is -0.385. The van der Waals surface area contributed by atoms with E-state index in [4.69, 9.17) is 0 Å². The summed E-state index contributed by atoms with van der Waals surface area (Å²) < 4.78 is 0. The van der Waals surface area contributed by atoms with Crippen LogP contribution in [0.5, 0.6) is 0 Å². The fourth-order valence-electron chi connectivity index (χ4n) is 2.70. The number of benzene rings is 2. The van der Waals surface area contributed by atoms with Crippen LogP contribution in [0.2, 0.25) is 0 Å². The molecule has 8 heteroatoms. The third-order valence-electron chi connectivity index (χ3n) is 3.73. The van der Waals surface area contributed by atoms with Gasteiger partial charge in [0, 0.05) is 24.4 Å². The van der Waals surface area contributed by atoms with E-state index in [-0.39, 0.29) is 23.3 Å². The first-order valence-corrected chi connectivity index (χ1v) is 8.57. The lowest BCUT2D eigenvalue weighted by atomic mass is 10.1. The van der Waals surface area contributed by atoms with Crippen LogP contribution < -0.4 is 10.2 Å². The van der Waals surface area contributed by atoms with Gasteiger partial charge in [-0.2, -0.15) is 0 Å². The van der Waals surface area contributed by atoms with Crippen LogP contribution in [0.4, 0.5) is 17.1 Å². The summed E-state index contributed by atoms with van der Waals surface area (Å²) in [6.07, 6.45) is 0. The van der Waals surface area contributed by atoms with E-state index in [1.54, 1.807) is 47.4 Å². The molecule has 7 nitrogen and oxygen atoms in total. The van der Waals surface area contributed by atoms with Crippen LogP contribution >= 0.6 is 11.8 Å². The molecule has 3 rings (SSSR count). The van der Waals surface area contributed by atoms with Gasteiger partial charge in [0.2, 0.25) is 11.8 Å². The van der Waals surface area contributed by atoms with Crippen molar-refractivity contribution in [2.45, 2.75) is 12.3 Å². The average molecular weight is 357 g/mol. The number of para-hydroxylation sites is 1. The highest BCUT2D eigenvalue weighted by molar-refractivity contribution is 8.00. The van der Waals surface area contributed by atoms with Crippen LogP contribution in [0, 0.1) is 10.1 Å². The Hall–Kier alpha value is -2.87. The number of hydrogen-bond acceptors (Lipinski definition) is 5. The molecule has 0 bridgehead atoms. The molecule has 25 heavy (non-hydrogen) atoms. The smallest absolute Gasteiger partial charge is 0.275 e. The van der Waals surface area contributed by atoms with Crippen LogP contribution in [0.1, 0.15) is 17.9 Å². The van der Waals surface area contributed by atoms with E-state index in [2.05, 4.69) is 5.32 Å². The van der Waals surface area contributed by atoms with E-state index >= 15 is 0 Å². The first-order valence-electron chi connectivity index (χ1n) is 7.52. The number of carbonyl (C=O) groups excluding carboxylic acids is 2. The second kappa shape index (κ2) is 6.94. The van der Waals surface area contributed by atoms with Crippen LogP contribution in [-0.2, 0) is 9.59 Å². The third-order valence-corrected chi connectivity index (χ3v) is 4.93. The Morgan fingerprint density at radius 3 is 2.56 bits per heavy atom. The Labute approximate surface area is 148 Å². The van der Waals surface area contributed by atoms with E-state index in [9.17, 15) is 19.7 Å². The Kier molecular flexibility index (Phi) is 4.71. The normalized spacial score (nSPS) is 16.8. The highest BCUT2D eigenvalue weighted by Gasteiger charge is 2.37. The zero-order valence-corrected chi connectivity index (χ0v) is 14.2. The molecule has 128 valence electrons. The van der Waals surface area contributed by atoms with E-state index in [1.165, 1.54) is 24.8 Å². The van der Waals surface area contributed by atoms with Crippen LogP contribution in [0.25, 0.3) is 0 Å². The molecule has 1 fully saturated rings. The molecule has 1 N–H and O–H groups in total. The third kappa shape index (κ3) is 3.48. The van der Waals surface area contributed by atoms with Gasteiger partial charge in [-0.3, -0.25) is 24.6 Å². The van der Waals surface area contributed by atoms with Gasteiger partial charge in [-0.1, -0.05) is 12.1 Å². The number of thioether (sulfide) groups is 1. The molecule has 1 aliphatic rings. The SMILES string of the molecule is CC(=O)Nc1ccc(N2C(=O)CS[C@@H]2c2ccccc2[N+](=O)[O-])cc1. The molecule has 2 amide bonds. The Morgan fingerprint density at radius 1 is 1.24 bits per heavy atom. The summed E-state index contributed by atoms with van der Waals surface area (Å²) in [6.45, 7) is 1.42. The number of nitro groups is 1. The van der Waals surface area contributed by atoms with Gasteiger partial charge in [0.15, 0.2) is 0 Å². The van der Waals surface area contributed by atoms with Crippen molar-refractivity contribution in [1.29, 1.82) is 0 Å². The number of amides is 2. The summed E-state index contributed by atoms with van der Waals surface area (Å²) in [5.74, 6) is -0.0387. The van der Waals surface area contributed by atoms with Gasteiger partial charge in [0.1, 0.15) is 5.37 Å². The molecular weight excluding hydrogens is 342 g/mol. The number of nitrogens with zero attached hydrogens (tertiary/aromatic N) is 2. The van der Waals surface area contributed by atoms with Crippen LogP contribution in [-0.4, -0.2) is 22.5 Å². The number of hydrogen-bond donors (Lipinski definition) is 1. The van der Waals surface area contributed by atoms with Gasteiger partial charge in [-0.15, -0.1) is 11.8 Å².